The van der Waals surface area contributed by atoms with E-state index in [2.05, 4.69) is 71.5 Å². The molecule has 3 aromatic rings. The quantitative estimate of drug-likeness (QED) is 0.514. The van der Waals surface area contributed by atoms with Crippen LogP contribution in [0.4, 0.5) is 5.69 Å². The topological polar surface area (TPSA) is 48.1 Å². The Hall–Kier alpha value is -2.59. The van der Waals surface area contributed by atoms with E-state index in [4.69, 9.17) is 0 Å². The van der Waals surface area contributed by atoms with Gasteiger partial charge in [0.2, 0.25) is 0 Å². The predicted octanol–water partition coefficient (Wildman–Crippen LogP) is 5.29. The van der Waals surface area contributed by atoms with Gasteiger partial charge in [-0.3, -0.25) is 10.1 Å². The van der Waals surface area contributed by atoms with E-state index < -0.39 is 5.54 Å². The summed E-state index contributed by atoms with van der Waals surface area (Å²) in [5.41, 5.74) is 6.40. The Morgan fingerprint density at radius 3 is 2.56 bits per heavy atom. The van der Waals surface area contributed by atoms with Crippen molar-refractivity contribution in [3.63, 3.8) is 0 Å². The van der Waals surface area contributed by atoms with Crippen LogP contribution in [0.15, 0.2) is 42.5 Å². The highest BCUT2D eigenvalue weighted by Crippen LogP contribution is 2.60. The van der Waals surface area contributed by atoms with E-state index in [0.717, 1.165) is 49.0 Å². The molecule has 3 aliphatic heterocycles. The van der Waals surface area contributed by atoms with Gasteiger partial charge in [-0.15, -0.1) is 0 Å². The largest absolute Gasteiger partial charge is 0.356 e. The molecule has 0 radical (unpaired) electrons. The number of nitrogens with one attached hydrogen (secondary N) is 2. The van der Waals surface area contributed by atoms with E-state index in [1.165, 1.54) is 41.5 Å². The van der Waals surface area contributed by atoms with Crippen molar-refractivity contribution >= 4 is 22.5 Å². The number of carbonyl (C=O) groups excluding carboxylic acids is 1. The molecular weight excluding hydrogens is 394 g/mol. The maximum absolute atomic E-state index is 14.7. The van der Waals surface area contributed by atoms with E-state index in [0.29, 0.717) is 0 Å². The highest BCUT2D eigenvalue weighted by atomic mass is 16.2. The van der Waals surface area contributed by atoms with Crippen LogP contribution < -0.4 is 10.2 Å². The van der Waals surface area contributed by atoms with Gasteiger partial charge in [0.1, 0.15) is 0 Å². The molecule has 2 aromatic carbocycles. The van der Waals surface area contributed by atoms with Gasteiger partial charge in [-0.1, -0.05) is 69.5 Å². The first-order chi connectivity index (χ1) is 15.5. The number of anilines is 1. The van der Waals surface area contributed by atoms with E-state index in [1.54, 1.807) is 0 Å². The number of H-pyrrole nitrogens is 1. The molecule has 32 heavy (non-hydrogen) atoms. The van der Waals surface area contributed by atoms with Crippen LogP contribution in [0.5, 0.6) is 0 Å². The summed E-state index contributed by atoms with van der Waals surface area (Å²) in [5.74, 6) is 0.241. The average Bonchev–Trinajstić information content (AvgIpc) is 3.29. The Labute approximate surface area is 189 Å². The number of rotatable bonds is 0. The van der Waals surface area contributed by atoms with Gasteiger partial charge in [0.15, 0.2) is 5.54 Å². The summed E-state index contributed by atoms with van der Waals surface area (Å²) in [6.45, 7) is 5.58. The molecule has 164 valence electrons. The van der Waals surface area contributed by atoms with Crippen molar-refractivity contribution < 1.29 is 4.79 Å². The molecule has 1 aliphatic carbocycles. The van der Waals surface area contributed by atoms with Crippen molar-refractivity contribution in [1.82, 2.24) is 10.3 Å². The minimum absolute atomic E-state index is 0.0585. The van der Waals surface area contributed by atoms with Gasteiger partial charge < -0.3 is 9.88 Å². The molecule has 4 aliphatic rings. The first-order valence-corrected chi connectivity index (χ1v) is 12.3. The van der Waals surface area contributed by atoms with Crippen LogP contribution in [0.1, 0.15) is 74.8 Å². The second-order valence-electron chi connectivity index (χ2n) is 11.1. The third-order valence-corrected chi connectivity index (χ3v) is 8.90. The molecule has 0 saturated heterocycles. The van der Waals surface area contributed by atoms with Gasteiger partial charge in [0, 0.05) is 28.6 Å². The summed E-state index contributed by atoms with van der Waals surface area (Å²) in [5, 5.41) is 5.02. The summed E-state index contributed by atoms with van der Waals surface area (Å²) < 4.78 is 0. The van der Waals surface area contributed by atoms with Crippen LogP contribution >= 0.6 is 0 Å². The standard InChI is InChI=1S/C28H31N3O/c1-26(2)17-27(14-6-3-7-15-27)31-23-20(26)10-8-11-21(23)28(25(31)32)24-19(13-16-29-28)18-9-4-5-12-22(18)30-24/h4-5,8-12,29-30H,3,6-7,13-17H2,1-2H3. The number of fused-ring (bicyclic) bond motifs is 6. The number of hydrogen-bond donors (Lipinski definition) is 2. The van der Waals surface area contributed by atoms with Gasteiger partial charge >= 0.3 is 0 Å². The molecule has 1 amide bonds. The van der Waals surface area contributed by atoms with Gasteiger partial charge in [-0.05, 0) is 48.3 Å². The Morgan fingerprint density at radius 1 is 0.938 bits per heavy atom. The van der Waals surface area contributed by atoms with Gasteiger partial charge in [0.25, 0.3) is 5.91 Å². The number of para-hydroxylation sites is 2. The minimum Gasteiger partial charge on any atom is -0.356 e. The Balaban J connectivity index is 1.55. The molecule has 4 heterocycles. The van der Waals surface area contributed by atoms with Gasteiger partial charge in [-0.25, -0.2) is 0 Å². The van der Waals surface area contributed by atoms with E-state index in [1.807, 2.05) is 0 Å². The first-order valence-electron chi connectivity index (χ1n) is 12.3. The molecule has 1 aromatic heterocycles. The first kappa shape index (κ1) is 18.9. The SMILES string of the molecule is CC1(C)CC2(CCCCC2)N2C(=O)C3(NCCc4c3[nH]c3ccccc43)c3cccc1c32. The zero-order chi connectivity index (χ0) is 21.7. The summed E-state index contributed by atoms with van der Waals surface area (Å²) in [4.78, 5) is 20.7. The fourth-order valence-electron chi connectivity index (χ4n) is 7.73. The number of nitrogens with zero attached hydrogens (tertiary/aromatic N) is 1. The average molecular weight is 426 g/mol. The molecule has 7 rings (SSSR count). The fourth-order valence-corrected chi connectivity index (χ4v) is 7.73. The van der Waals surface area contributed by atoms with Crippen molar-refractivity contribution in [2.75, 3.05) is 11.4 Å². The van der Waals surface area contributed by atoms with Crippen LogP contribution in [0, 0.1) is 0 Å². The highest BCUT2D eigenvalue weighted by molar-refractivity contribution is 6.13. The maximum Gasteiger partial charge on any atom is 0.258 e. The monoisotopic (exact) mass is 425 g/mol. The number of carbonyl (C=O) groups is 1. The second-order valence-corrected chi connectivity index (χ2v) is 11.1. The van der Waals surface area contributed by atoms with E-state index >= 15 is 0 Å². The lowest BCUT2D eigenvalue weighted by Gasteiger charge is -2.53. The lowest BCUT2D eigenvalue weighted by Crippen LogP contribution is -2.62. The number of hydrogen-bond acceptors (Lipinski definition) is 2. The third kappa shape index (κ3) is 2.10. The summed E-state index contributed by atoms with van der Waals surface area (Å²) in [7, 11) is 0. The number of amides is 1. The Kier molecular flexibility index (Phi) is 3.58. The normalized spacial score (nSPS) is 27.2. The van der Waals surface area contributed by atoms with Crippen LogP contribution in [0.3, 0.4) is 0 Å². The summed E-state index contributed by atoms with van der Waals surface area (Å²) in [6, 6.07) is 15.2. The fraction of sp³-hybridized carbons (Fsp3) is 0.464. The molecule has 2 spiro atoms. The van der Waals surface area contributed by atoms with E-state index in [-0.39, 0.29) is 16.9 Å². The van der Waals surface area contributed by atoms with Gasteiger partial charge in [-0.2, -0.15) is 0 Å². The molecule has 2 N–H and O–H groups in total. The summed E-state index contributed by atoms with van der Waals surface area (Å²) in [6.07, 6.45) is 7.95. The van der Waals surface area contributed by atoms with Crippen LogP contribution in [0.25, 0.3) is 10.9 Å². The maximum atomic E-state index is 14.7. The zero-order valence-corrected chi connectivity index (χ0v) is 19.1. The highest BCUT2D eigenvalue weighted by Gasteiger charge is 2.63. The minimum atomic E-state index is -0.803. The number of aromatic nitrogens is 1. The molecule has 1 fully saturated rings. The van der Waals surface area contributed by atoms with Crippen molar-refractivity contribution in [2.24, 2.45) is 0 Å². The number of aromatic amines is 1. The van der Waals surface area contributed by atoms with Crippen LogP contribution in [0.2, 0.25) is 0 Å². The lowest BCUT2D eigenvalue weighted by atomic mass is 9.64. The lowest BCUT2D eigenvalue weighted by molar-refractivity contribution is -0.125. The van der Waals surface area contributed by atoms with Crippen molar-refractivity contribution in [2.45, 2.75) is 75.3 Å². The molecule has 1 saturated carbocycles. The molecule has 1 atom stereocenters. The molecule has 0 bridgehead atoms. The second kappa shape index (κ2) is 6.05. The summed E-state index contributed by atoms with van der Waals surface area (Å²) >= 11 is 0. The molecular formula is C28H31N3O. The third-order valence-electron chi connectivity index (χ3n) is 8.90. The molecule has 4 nitrogen and oxygen atoms in total. The van der Waals surface area contributed by atoms with Gasteiger partial charge in [0.05, 0.1) is 11.4 Å². The Bertz CT molecular complexity index is 1280. The van der Waals surface area contributed by atoms with Crippen LogP contribution in [-0.2, 0) is 22.2 Å². The van der Waals surface area contributed by atoms with E-state index in [9.17, 15) is 4.79 Å². The van der Waals surface area contributed by atoms with Crippen molar-refractivity contribution in [1.29, 1.82) is 0 Å². The predicted molar refractivity (Wildman–Crippen MR) is 128 cm³/mol. The van der Waals surface area contributed by atoms with Crippen molar-refractivity contribution in [3.05, 3.63) is 64.8 Å². The van der Waals surface area contributed by atoms with Crippen molar-refractivity contribution in [3.8, 4) is 0 Å². The van der Waals surface area contributed by atoms with Crippen LogP contribution in [-0.4, -0.2) is 23.0 Å². The molecule has 1 unspecified atom stereocenters. The smallest absolute Gasteiger partial charge is 0.258 e. The Morgan fingerprint density at radius 2 is 1.72 bits per heavy atom. The molecule has 4 heteroatoms. The number of benzene rings is 2. The zero-order valence-electron chi connectivity index (χ0n) is 19.1.